The van der Waals surface area contributed by atoms with E-state index in [1.807, 2.05) is 11.3 Å². The third kappa shape index (κ3) is 6.02. The van der Waals surface area contributed by atoms with Gasteiger partial charge in [0.15, 0.2) is 5.75 Å². The highest BCUT2D eigenvalue weighted by Gasteiger charge is 2.50. The minimum Gasteiger partial charge on any atom is -0.455 e. The molecule has 5 heteroatoms. The predicted octanol–water partition coefficient (Wildman–Crippen LogP) is 15.6. The zero-order chi connectivity index (χ0) is 46.9. The molecule has 8 aromatic rings. The Morgan fingerprint density at radius 2 is 1.04 bits per heavy atom. The van der Waals surface area contributed by atoms with Crippen molar-refractivity contribution in [2.45, 2.75) is 117 Å². The summed E-state index contributed by atoms with van der Waals surface area (Å²) in [7, 11) is 0. The molecule has 7 aromatic carbocycles. The van der Waals surface area contributed by atoms with Gasteiger partial charge in [-0.15, -0.1) is 11.3 Å². The van der Waals surface area contributed by atoms with Gasteiger partial charge in [-0.1, -0.05) is 169 Å². The largest absolute Gasteiger partial charge is 0.455 e. The second-order valence-electron chi connectivity index (χ2n) is 23.9. The molecule has 0 saturated heterocycles. The Hall–Kier alpha value is -6.04. The van der Waals surface area contributed by atoms with Gasteiger partial charge in [0, 0.05) is 59.6 Å². The average molecular weight is 893 g/mol. The first-order chi connectivity index (χ1) is 31.6. The standard InChI is InChI=1S/C62H61BN2OS/c1-58(2,3)36-22-27-39(28-23-36)64-49-31-26-38(60(7,8)9)32-48(49)63-53-50(34-47-56(55(53)64)66-51-21-17-16-20-45(51)62(47,12)13)65(40-29-24-37(25-30-40)59(4,5)6)54-43-33-42-41-18-14-15-19-44(41)61(10,11)46(42)35-52(43)67-57(54)63/h14-35H,1-13H3. The maximum Gasteiger partial charge on any atom is 0.264 e. The molecule has 1 aromatic heterocycles. The van der Waals surface area contributed by atoms with Crippen LogP contribution in [0.5, 0.6) is 11.5 Å². The summed E-state index contributed by atoms with van der Waals surface area (Å²) in [6.07, 6.45) is 0. The summed E-state index contributed by atoms with van der Waals surface area (Å²) in [5.74, 6) is 1.87. The molecule has 0 fully saturated rings. The van der Waals surface area contributed by atoms with Gasteiger partial charge in [-0.3, -0.25) is 0 Å². The second-order valence-corrected chi connectivity index (χ2v) is 24.9. The molecule has 12 rings (SSSR count). The van der Waals surface area contributed by atoms with E-state index in [1.54, 1.807) is 0 Å². The van der Waals surface area contributed by atoms with E-state index in [2.05, 4.69) is 233 Å². The molecule has 0 bridgehead atoms. The normalized spacial score (nSPS) is 16.1. The van der Waals surface area contributed by atoms with E-state index in [4.69, 9.17) is 4.74 Å². The highest BCUT2D eigenvalue weighted by molar-refractivity contribution is 7.33. The van der Waals surface area contributed by atoms with Crippen LogP contribution in [0.15, 0.2) is 133 Å². The third-order valence-corrected chi connectivity index (χ3v) is 17.0. The lowest BCUT2D eigenvalue weighted by molar-refractivity contribution is 0.419. The molecule has 0 amide bonds. The van der Waals surface area contributed by atoms with Gasteiger partial charge < -0.3 is 14.5 Å². The fourth-order valence-corrected chi connectivity index (χ4v) is 13.2. The fraction of sp³-hybridized carbons (Fsp3) is 0.290. The van der Waals surface area contributed by atoms with Crippen molar-refractivity contribution in [3.8, 4) is 22.6 Å². The lowest BCUT2D eigenvalue weighted by Gasteiger charge is -2.47. The van der Waals surface area contributed by atoms with Gasteiger partial charge in [-0.2, -0.15) is 0 Å². The Balaban J connectivity index is 1.24. The molecule has 3 nitrogen and oxygen atoms in total. The molecule has 1 aliphatic carbocycles. The Morgan fingerprint density at radius 3 is 1.67 bits per heavy atom. The number of hydrogen-bond acceptors (Lipinski definition) is 4. The van der Waals surface area contributed by atoms with Crippen molar-refractivity contribution in [1.82, 2.24) is 0 Å². The molecular weight excluding hydrogens is 832 g/mol. The molecule has 3 aliphatic heterocycles. The molecule has 4 heterocycles. The van der Waals surface area contributed by atoms with E-state index in [0.29, 0.717) is 0 Å². The van der Waals surface area contributed by atoms with Crippen molar-refractivity contribution in [2.75, 3.05) is 9.80 Å². The Kier molecular flexibility index (Phi) is 8.71. The molecule has 0 unspecified atom stereocenters. The number of para-hydroxylation sites is 1. The lowest BCUT2D eigenvalue weighted by Crippen LogP contribution is -2.61. The number of rotatable bonds is 2. The topological polar surface area (TPSA) is 15.7 Å². The SMILES string of the molecule is CC(C)(C)c1ccc(N2c3ccc(C(C)(C)C)cc3B3c4sc5cc6c(cc5c4N(c4ccc(C(C)(C)C)cc4)c4cc5c(c2c43)Oc2ccccc2C5(C)C)-c2ccccc2C6(C)C)cc1. The van der Waals surface area contributed by atoms with Gasteiger partial charge in [0.05, 0.1) is 11.4 Å². The van der Waals surface area contributed by atoms with Gasteiger partial charge in [0.1, 0.15) is 5.75 Å². The number of nitrogens with zero attached hydrogens (tertiary/aromatic N) is 2. The van der Waals surface area contributed by atoms with Crippen molar-refractivity contribution in [3.63, 3.8) is 0 Å². The van der Waals surface area contributed by atoms with Crippen LogP contribution in [0.3, 0.4) is 0 Å². The van der Waals surface area contributed by atoms with Crippen molar-refractivity contribution in [2.24, 2.45) is 0 Å². The van der Waals surface area contributed by atoms with E-state index in [9.17, 15) is 0 Å². The van der Waals surface area contributed by atoms with Gasteiger partial charge in [-0.05, 0) is 121 Å². The van der Waals surface area contributed by atoms with Crippen molar-refractivity contribution in [3.05, 3.63) is 172 Å². The highest BCUT2D eigenvalue weighted by Crippen LogP contribution is 2.59. The average Bonchev–Trinajstić information content (AvgIpc) is 3.76. The van der Waals surface area contributed by atoms with Crippen molar-refractivity contribution < 1.29 is 4.74 Å². The molecule has 0 atom stereocenters. The number of thiophene rings is 1. The van der Waals surface area contributed by atoms with Crippen LogP contribution in [0.4, 0.5) is 34.1 Å². The minimum absolute atomic E-state index is 0.0176. The van der Waals surface area contributed by atoms with Gasteiger partial charge in [0.25, 0.3) is 6.71 Å². The summed E-state index contributed by atoms with van der Waals surface area (Å²) < 4.78 is 10.1. The van der Waals surface area contributed by atoms with E-state index in [-0.39, 0.29) is 33.8 Å². The van der Waals surface area contributed by atoms with Crippen LogP contribution >= 0.6 is 11.3 Å². The summed E-state index contributed by atoms with van der Waals surface area (Å²) in [5, 5.41) is 1.31. The zero-order valence-electron chi connectivity index (χ0n) is 41.5. The third-order valence-electron chi connectivity index (χ3n) is 15.8. The Bertz CT molecular complexity index is 3390. The fourth-order valence-electron chi connectivity index (χ4n) is 11.8. The van der Waals surface area contributed by atoms with E-state index < -0.39 is 0 Å². The summed E-state index contributed by atoms with van der Waals surface area (Å²) in [6.45, 7) is 30.4. The molecule has 0 spiro atoms. The van der Waals surface area contributed by atoms with Crippen LogP contribution in [-0.4, -0.2) is 6.71 Å². The Morgan fingerprint density at radius 1 is 0.493 bits per heavy atom. The quantitative estimate of drug-likeness (QED) is 0.161. The number of ether oxygens (including phenoxy) is 1. The van der Waals surface area contributed by atoms with Crippen LogP contribution in [0.2, 0.25) is 0 Å². The van der Waals surface area contributed by atoms with Crippen LogP contribution < -0.4 is 30.2 Å². The molecule has 0 radical (unpaired) electrons. The summed E-state index contributed by atoms with van der Waals surface area (Å²) in [4.78, 5) is 5.20. The first-order valence-electron chi connectivity index (χ1n) is 24.3. The second kappa shape index (κ2) is 13.8. The smallest absolute Gasteiger partial charge is 0.264 e. The maximum absolute atomic E-state index is 7.40. The predicted molar refractivity (Wildman–Crippen MR) is 288 cm³/mol. The zero-order valence-corrected chi connectivity index (χ0v) is 42.3. The van der Waals surface area contributed by atoms with Crippen LogP contribution in [0, 0.1) is 0 Å². The monoisotopic (exact) mass is 892 g/mol. The van der Waals surface area contributed by atoms with Crippen molar-refractivity contribution >= 4 is 78.0 Å². The molecule has 4 aliphatic rings. The molecule has 0 saturated carbocycles. The summed E-state index contributed by atoms with van der Waals surface area (Å²) >= 11 is 1.99. The molecule has 0 N–H and O–H groups in total. The highest BCUT2D eigenvalue weighted by atomic mass is 32.1. The maximum atomic E-state index is 7.40. The van der Waals surface area contributed by atoms with Gasteiger partial charge in [-0.25, -0.2) is 0 Å². The Labute approximate surface area is 402 Å². The van der Waals surface area contributed by atoms with E-state index >= 15 is 0 Å². The number of anilines is 6. The molecule has 334 valence electrons. The number of benzene rings is 7. The van der Waals surface area contributed by atoms with E-state index in [1.165, 1.54) is 98.6 Å². The lowest BCUT2D eigenvalue weighted by atomic mass is 9.35. The minimum atomic E-state index is -0.363. The van der Waals surface area contributed by atoms with Crippen LogP contribution in [0.1, 0.15) is 129 Å². The van der Waals surface area contributed by atoms with Crippen LogP contribution in [-0.2, 0) is 27.1 Å². The van der Waals surface area contributed by atoms with Gasteiger partial charge in [0.2, 0.25) is 0 Å². The van der Waals surface area contributed by atoms with E-state index in [0.717, 1.165) is 22.9 Å². The molecular formula is C62H61BN2OS. The first kappa shape index (κ1) is 42.3. The summed E-state index contributed by atoms with van der Waals surface area (Å²) in [6, 6.07) is 51.5. The number of hydrogen-bond donors (Lipinski definition) is 0. The molecule has 67 heavy (non-hydrogen) atoms. The van der Waals surface area contributed by atoms with Gasteiger partial charge >= 0.3 is 0 Å². The number of fused-ring (bicyclic) bond motifs is 12. The summed E-state index contributed by atoms with van der Waals surface area (Å²) in [5.41, 5.74) is 21.2. The van der Waals surface area contributed by atoms with Crippen molar-refractivity contribution in [1.29, 1.82) is 0 Å². The first-order valence-corrected chi connectivity index (χ1v) is 25.1. The van der Waals surface area contributed by atoms with Crippen LogP contribution in [0.25, 0.3) is 21.2 Å².